The second kappa shape index (κ2) is 9.93. The molecule has 2 aromatic heterocycles. The molecular formula is C27H27ClN4O2S. The molecule has 0 aliphatic carbocycles. The fraction of sp³-hybridized carbons (Fsp3) is 0.296. The van der Waals surface area contributed by atoms with Gasteiger partial charge < -0.3 is 4.90 Å². The van der Waals surface area contributed by atoms with Gasteiger partial charge in [0, 0.05) is 37.1 Å². The van der Waals surface area contributed by atoms with E-state index >= 15 is 0 Å². The Bertz CT molecular complexity index is 1400. The topological polar surface area (TPSA) is 58.4 Å². The minimum absolute atomic E-state index is 0.00166. The minimum atomic E-state index is -0.149. The van der Waals surface area contributed by atoms with Crippen molar-refractivity contribution in [3.8, 4) is 11.1 Å². The summed E-state index contributed by atoms with van der Waals surface area (Å²) in [4.78, 5) is 34.0. The van der Waals surface area contributed by atoms with Crippen LogP contribution in [-0.2, 0) is 11.3 Å². The van der Waals surface area contributed by atoms with Crippen molar-refractivity contribution in [2.24, 2.45) is 0 Å². The molecular weight excluding hydrogens is 480 g/mol. The molecule has 2 unspecified atom stereocenters. The molecule has 1 saturated heterocycles. The first-order valence-corrected chi connectivity index (χ1v) is 12.9. The molecule has 8 heteroatoms. The van der Waals surface area contributed by atoms with E-state index in [1.165, 1.54) is 10.1 Å². The van der Waals surface area contributed by atoms with Gasteiger partial charge >= 0.3 is 4.87 Å². The average molecular weight is 507 g/mol. The second-order valence-corrected chi connectivity index (χ2v) is 10.4. The maximum Gasteiger partial charge on any atom is 0.308 e. The number of fused-ring (bicyclic) bond motifs is 1. The monoisotopic (exact) mass is 506 g/mol. The van der Waals surface area contributed by atoms with E-state index in [-0.39, 0.29) is 29.5 Å². The van der Waals surface area contributed by atoms with E-state index in [0.717, 1.165) is 46.6 Å². The zero-order valence-corrected chi connectivity index (χ0v) is 21.3. The zero-order valence-electron chi connectivity index (χ0n) is 19.7. The standard InChI is InChI=1S/C27H27ClN4O2S/c1-18(30(2)26(33)17-32-24-15-22(28)11-12-25(24)35-27(32)34)31-14-4-6-23(31)20-9-7-19(8-10-20)21-5-3-13-29-16-21/h3,5,7-13,15-16,18,23H,4,6,14,17H2,1-2H3. The summed E-state index contributed by atoms with van der Waals surface area (Å²) in [5.41, 5.74) is 4.19. The summed E-state index contributed by atoms with van der Waals surface area (Å²) in [6, 6.07) is 18.2. The number of benzene rings is 2. The molecule has 3 heterocycles. The molecule has 0 saturated carbocycles. The van der Waals surface area contributed by atoms with Gasteiger partial charge in [0.1, 0.15) is 6.54 Å². The fourth-order valence-corrected chi connectivity index (χ4v) is 5.93. The van der Waals surface area contributed by atoms with Crippen LogP contribution in [0.4, 0.5) is 0 Å². The van der Waals surface area contributed by atoms with Crippen LogP contribution >= 0.6 is 22.9 Å². The maximum atomic E-state index is 13.2. The van der Waals surface area contributed by atoms with Crippen LogP contribution in [0.5, 0.6) is 0 Å². The summed E-state index contributed by atoms with van der Waals surface area (Å²) in [7, 11) is 1.82. The van der Waals surface area contributed by atoms with Crippen molar-refractivity contribution < 1.29 is 4.79 Å². The van der Waals surface area contributed by atoms with Crippen LogP contribution in [0, 0.1) is 0 Å². The number of amides is 1. The molecule has 0 bridgehead atoms. The van der Waals surface area contributed by atoms with Crippen LogP contribution < -0.4 is 4.87 Å². The Hall–Kier alpha value is -3.00. The lowest BCUT2D eigenvalue weighted by Crippen LogP contribution is -2.48. The summed E-state index contributed by atoms with van der Waals surface area (Å²) in [5, 5.41) is 0.549. The third-order valence-electron chi connectivity index (χ3n) is 6.94. The smallest absolute Gasteiger partial charge is 0.308 e. The zero-order chi connectivity index (χ0) is 24.5. The largest absolute Gasteiger partial charge is 0.329 e. The lowest BCUT2D eigenvalue weighted by Gasteiger charge is -2.37. The number of aromatic nitrogens is 2. The fourth-order valence-electron chi connectivity index (χ4n) is 4.89. The normalized spacial score (nSPS) is 17.1. The van der Waals surface area contributed by atoms with E-state index in [9.17, 15) is 9.59 Å². The molecule has 1 amide bonds. The van der Waals surface area contributed by atoms with Gasteiger partial charge in [-0.25, -0.2) is 0 Å². The molecule has 5 rings (SSSR count). The molecule has 1 aliphatic heterocycles. The number of hydrogen-bond acceptors (Lipinski definition) is 5. The molecule has 35 heavy (non-hydrogen) atoms. The quantitative estimate of drug-likeness (QED) is 0.350. The number of carbonyl (C=O) groups excluding carboxylic acids is 1. The van der Waals surface area contributed by atoms with Crippen LogP contribution in [0.25, 0.3) is 21.3 Å². The predicted octanol–water partition coefficient (Wildman–Crippen LogP) is 5.42. The van der Waals surface area contributed by atoms with Gasteiger partial charge in [-0.2, -0.15) is 0 Å². The summed E-state index contributed by atoms with van der Waals surface area (Å²) >= 11 is 7.27. The van der Waals surface area contributed by atoms with Gasteiger partial charge in [0.25, 0.3) is 0 Å². The summed E-state index contributed by atoms with van der Waals surface area (Å²) in [6.07, 6.45) is 5.67. The Balaban J connectivity index is 1.31. The predicted molar refractivity (Wildman–Crippen MR) is 142 cm³/mol. The first kappa shape index (κ1) is 23.7. The van der Waals surface area contributed by atoms with Crippen LogP contribution in [0.3, 0.4) is 0 Å². The number of nitrogens with zero attached hydrogens (tertiary/aromatic N) is 4. The van der Waals surface area contributed by atoms with Crippen molar-refractivity contribution in [1.82, 2.24) is 19.4 Å². The highest BCUT2D eigenvalue weighted by Gasteiger charge is 2.33. The Labute approximate surface area is 213 Å². The summed E-state index contributed by atoms with van der Waals surface area (Å²) in [6.45, 7) is 2.98. The number of rotatable bonds is 6. The van der Waals surface area contributed by atoms with Crippen molar-refractivity contribution in [2.45, 2.75) is 38.5 Å². The van der Waals surface area contributed by atoms with Crippen LogP contribution in [0.1, 0.15) is 31.4 Å². The van der Waals surface area contributed by atoms with Gasteiger partial charge in [-0.15, -0.1) is 0 Å². The minimum Gasteiger partial charge on any atom is -0.329 e. The summed E-state index contributed by atoms with van der Waals surface area (Å²) in [5.74, 6) is -0.100. The molecule has 4 aromatic rings. The lowest BCUT2D eigenvalue weighted by molar-refractivity contribution is -0.136. The number of hydrogen-bond donors (Lipinski definition) is 0. The number of halogens is 1. The number of pyridine rings is 1. The molecule has 0 N–H and O–H groups in total. The lowest BCUT2D eigenvalue weighted by atomic mass is 10.00. The Morgan fingerprint density at radius 3 is 2.74 bits per heavy atom. The molecule has 0 spiro atoms. The van der Waals surface area contributed by atoms with E-state index < -0.39 is 0 Å². The highest BCUT2D eigenvalue weighted by molar-refractivity contribution is 7.16. The molecule has 6 nitrogen and oxygen atoms in total. The number of thiazole rings is 1. The second-order valence-electron chi connectivity index (χ2n) is 8.96. The third-order valence-corrected chi connectivity index (χ3v) is 8.14. The van der Waals surface area contributed by atoms with E-state index in [0.29, 0.717) is 10.5 Å². The van der Waals surface area contributed by atoms with E-state index in [2.05, 4.69) is 47.1 Å². The van der Waals surface area contributed by atoms with Crippen LogP contribution in [0.2, 0.25) is 5.02 Å². The van der Waals surface area contributed by atoms with Crippen LogP contribution in [0.15, 0.2) is 71.8 Å². The SMILES string of the molecule is CC(N(C)C(=O)Cn1c(=O)sc2ccc(Cl)cc21)N1CCCC1c1ccc(-c2cccnc2)cc1. The van der Waals surface area contributed by atoms with Crippen molar-refractivity contribution in [3.63, 3.8) is 0 Å². The molecule has 2 aromatic carbocycles. The maximum absolute atomic E-state index is 13.2. The van der Waals surface area contributed by atoms with Gasteiger partial charge in [-0.3, -0.25) is 24.0 Å². The summed E-state index contributed by atoms with van der Waals surface area (Å²) < 4.78 is 2.35. The Morgan fingerprint density at radius 2 is 2.00 bits per heavy atom. The van der Waals surface area contributed by atoms with E-state index in [4.69, 9.17) is 11.6 Å². The van der Waals surface area contributed by atoms with Crippen molar-refractivity contribution >= 4 is 39.1 Å². The average Bonchev–Trinajstić information content (AvgIpc) is 3.48. The first-order valence-electron chi connectivity index (χ1n) is 11.7. The molecule has 2 atom stereocenters. The third kappa shape index (κ3) is 4.76. The highest BCUT2D eigenvalue weighted by atomic mass is 35.5. The van der Waals surface area contributed by atoms with Gasteiger partial charge in [-0.1, -0.05) is 53.3 Å². The van der Waals surface area contributed by atoms with Crippen molar-refractivity contribution in [1.29, 1.82) is 0 Å². The highest BCUT2D eigenvalue weighted by Crippen LogP contribution is 2.35. The number of likely N-dealkylation sites (tertiary alicyclic amines) is 1. The van der Waals surface area contributed by atoms with E-state index in [1.54, 1.807) is 23.2 Å². The first-order chi connectivity index (χ1) is 16.9. The van der Waals surface area contributed by atoms with Crippen LogP contribution in [-0.4, -0.2) is 45.0 Å². The Kier molecular flexibility index (Phi) is 6.73. The number of carbonyl (C=O) groups is 1. The van der Waals surface area contributed by atoms with Gasteiger partial charge in [0.05, 0.1) is 16.4 Å². The number of likely N-dealkylation sites (N-methyl/N-ethyl adjacent to an activating group) is 1. The van der Waals surface area contributed by atoms with E-state index in [1.807, 2.05) is 25.4 Å². The molecule has 180 valence electrons. The molecule has 1 aliphatic rings. The van der Waals surface area contributed by atoms with Crippen molar-refractivity contribution in [3.05, 3.63) is 87.2 Å². The molecule has 0 radical (unpaired) electrons. The van der Waals surface area contributed by atoms with Gasteiger partial charge in [0.15, 0.2) is 0 Å². The van der Waals surface area contributed by atoms with Crippen molar-refractivity contribution in [2.75, 3.05) is 13.6 Å². The van der Waals surface area contributed by atoms with Gasteiger partial charge in [0.2, 0.25) is 5.91 Å². The Morgan fingerprint density at radius 1 is 1.20 bits per heavy atom. The van der Waals surface area contributed by atoms with Gasteiger partial charge in [-0.05, 0) is 60.7 Å². The molecule has 1 fully saturated rings.